The molecule has 3 N–H and O–H groups in total. The zero-order valence-corrected chi connectivity index (χ0v) is 10.7. The van der Waals surface area contributed by atoms with Crippen molar-refractivity contribution < 1.29 is 9.50 Å². The maximum atomic E-state index is 13.5. The standard InChI is InChI=1S/C10H13BrFNO.ClH/c1-2-8(14)10(13)6-4-3-5-7(11)9(6)12;/h3-5,8,10,14H,2,13H2,1H3;1H/t8-,10+;/m1./s1. The van der Waals surface area contributed by atoms with E-state index in [1.54, 1.807) is 25.1 Å². The molecule has 2 nitrogen and oxygen atoms in total. The molecule has 0 aliphatic carbocycles. The van der Waals surface area contributed by atoms with Gasteiger partial charge in [0.1, 0.15) is 5.82 Å². The molecule has 86 valence electrons. The Labute approximate surface area is 103 Å². The van der Waals surface area contributed by atoms with Gasteiger partial charge in [-0.3, -0.25) is 0 Å². The van der Waals surface area contributed by atoms with Gasteiger partial charge in [0, 0.05) is 5.56 Å². The normalized spacial score (nSPS) is 14.2. The molecule has 0 aliphatic heterocycles. The van der Waals surface area contributed by atoms with E-state index in [9.17, 15) is 9.50 Å². The Morgan fingerprint density at radius 3 is 2.67 bits per heavy atom. The highest BCUT2D eigenvalue weighted by Gasteiger charge is 2.19. The van der Waals surface area contributed by atoms with Gasteiger partial charge in [0.05, 0.1) is 16.6 Å². The zero-order chi connectivity index (χ0) is 10.7. The van der Waals surface area contributed by atoms with E-state index in [4.69, 9.17) is 5.73 Å². The number of nitrogens with two attached hydrogens (primary N) is 1. The van der Waals surface area contributed by atoms with Crippen molar-refractivity contribution in [2.24, 2.45) is 5.73 Å². The van der Waals surface area contributed by atoms with Gasteiger partial charge in [-0.1, -0.05) is 19.1 Å². The topological polar surface area (TPSA) is 46.2 Å². The summed E-state index contributed by atoms with van der Waals surface area (Å²) in [5.41, 5.74) is 6.05. The summed E-state index contributed by atoms with van der Waals surface area (Å²) < 4.78 is 13.9. The highest BCUT2D eigenvalue weighted by Crippen LogP contribution is 2.24. The highest BCUT2D eigenvalue weighted by molar-refractivity contribution is 9.10. The fourth-order valence-corrected chi connectivity index (χ4v) is 1.62. The van der Waals surface area contributed by atoms with Crippen LogP contribution in [0.2, 0.25) is 0 Å². The van der Waals surface area contributed by atoms with Gasteiger partial charge in [-0.15, -0.1) is 12.4 Å². The highest BCUT2D eigenvalue weighted by atomic mass is 79.9. The third-order valence-corrected chi connectivity index (χ3v) is 2.79. The van der Waals surface area contributed by atoms with Crippen molar-refractivity contribution in [2.45, 2.75) is 25.5 Å². The first-order valence-corrected chi connectivity index (χ1v) is 5.24. The van der Waals surface area contributed by atoms with Crippen molar-refractivity contribution in [2.75, 3.05) is 0 Å². The number of aliphatic hydroxyl groups is 1. The molecule has 5 heteroatoms. The Kier molecular flexibility index (Phi) is 6.36. The minimum Gasteiger partial charge on any atom is -0.391 e. The predicted molar refractivity (Wildman–Crippen MR) is 64.6 cm³/mol. The molecular weight excluding hydrogens is 284 g/mol. The van der Waals surface area contributed by atoms with Crippen LogP contribution in [0, 0.1) is 5.82 Å². The third kappa shape index (κ3) is 3.41. The molecule has 1 aromatic rings. The Bertz CT molecular complexity index is 324. The second kappa shape index (κ2) is 6.43. The van der Waals surface area contributed by atoms with E-state index < -0.39 is 18.0 Å². The van der Waals surface area contributed by atoms with Crippen LogP contribution in [-0.4, -0.2) is 11.2 Å². The van der Waals surface area contributed by atoms with E-state index in [2.05, 4.69) is 15.9 Å². The number of halogens is 3. The molecule has 0 aliphatic rings. The van der Waals surface area contributed by atoms with Crippen LogP contribution in [0.15, 0.2) is 22.7 Å². The lowest BCUT2D eigenvalue weighted by Gasteiger charge is -2.18. The monoisotopic (exact) mass is 297 g/mol. The average Bonchev–Trinajstić information content (AvgIpc) is 2.20. The number of aliphatic hydroxyl groups excluding tert-OH is 1. The van der Waals surface area contributed by atoms with Gasteiger partial charge in [0.15, 0.2) is 0 Å². The fraction of sp³-hybridized carbons (Fsp3) is 0.400. The van der Waals surface area contributed by atoms with E-state index in [0.717, 1.165) is 0 Å². The summed E-state index contributed by atoms with van der Waals surface area (Å²) >= 11 is 3.07. The predicted octanol–water partition coefficient (Wildman–Crippen LogP) is 2.78. The van der Waals surface area contributed by atoms with Gasteiger partial charge >= 0.3 is 0 Å². The van der Waals surface area contributed by atoms with Crippen molar-refractivity contribution in [3.8, 4) is 0 Å². The quantitative estimate of drug-likeness (QED) is 0.901. The van der Waals surface area contributed by atoms with Crippen molar-refractivity contribution in [3.63, 3.8) is 0 Å². The van der Waals surface area contributed by atoms with E-state index >= 15 is 0 Å². The van der Waals surface area contributed by atoms with Crippen molar-refractivity contribution in [1.29, 1.82) is 0 Å². The van der Waals surface area contributed by atoms with Crippen LogP contribution in [-0.2, 0) is 0 Å². The van der Waals surface area contributed by atoms with Crippen LogP contribution >= 0.6 is 28.3 Å². The van der Waals surface area contributed by atoms with E-state index in [1.165, 1.54) is 0 Å². The van der Waals surface area contributed by atoms with Crippen LogP contribution in [0.5, 0.6) is 0 Å². The molecule has 0 amide bonds. The molecule has 15 heavy (non-hydrogen) atoms. The summed E-state index contributed by atoms with van der Waals surface area (Å²) in [5.74, 6) is -0.396. The van der Waals surface area contributed by atoms with E-state index in [0.29, 0.717) is 16.5 Å². The SMILES string of the molecule is CC[C@@H](O)[C@@H](N)c1cccc(Br)c1F.Cl. The largest absolute Gasteiger partial charge is 0.391 e. The molecule has 0 spiro atoms. The van der Waals surface area contributed by atoms with Gasteiger partial charge in [-0.05, 0) is 28.4 Å². The molecule has 0 saturated carbocycles. The molecule has 0 bridgehead atoms. The maximum Gasteiger partial charge on any atom is 0.142 e. The fourth-order valence-electron chi connectivity index (χ4n) is 1.24. The van der Waals surface area contributed by atoms with E-state index in [1.807, 2.05) is 0 Å². The second-order valence-electron chi connectivity index (χ2n) is 3.14. The van der Waals surface area contributed by atoms with Gasteiger partial charge in [-0.25, -0.2) is 4.39 Å². The first kappa shape index (κ1) is 14.8. The smallest absolute Gasteiger partial charge is 0.142 e. The van der Waals surface area contributed by atoms with Crippen LogP contribution in [0.4, 0.5) is 4.39 Å². The molecule has 0 radical (unpaired) electrons. The van der Waals surface area contributed by atoms with Crippen molar-refractivity contribution in [3.05, 3.63) is 34.1 Å². The van der Waals surface area contributed by atoms with Crippen LogP contribution < -0.4 is 5.73 Å². The first-order chi connectivity index (χ1) is 6.57. The van der Waals surface area contributed by atoms with Gasteiger partial charge in [-0.2, -0.15) is 0 Å². The minimum atomic E-state index is -0.709. The van der Waals surface area contributed by atoms with Crippen molar-refractivity contribution >= 4 is 28.3 Å². The minimum absolute atomic E-state index is 0. The Morgan fingerprint density at radius 2 is 2.13 bits per heavy atom. The van der Waals surface area contributed by atoms with Gasteiger partial charge in [0.2, 0.25) is 0 Å². The summed E-state index contributed by atoms with van der Waals surface area (Å²) in [6.45, 7) is 1.81. The lowest BCUT2D eigenvalue weighted by Crippen LogP contribution is -2.26. The average molecular weight is 299 g/mol. The number of hydrogen-bond acceptors (Lipinski definition) is 2. The van der Waals surface area contributed by atoms with Crippen LogP contribution in [0.25, 0.3) is 0 Å². The molecule has 0 saturated heterocycles. The Hall–Kier alpha value is -0.160. The van der Waals surface area contributed by atoms with Crippen molar-refractivity contribution in [1.82, 2.24) is 0 Å². The molecule has 0 unspecified atom stereocenters. The molecule has 2 atom stereocenters. The summed E-state index contributed by atoms with van der Waals surface area (Å²) in [4.78, 5) is 0. The van der Waals surface area contributed by atoms with Gasteiger partial charge < -0.3 is 10.8 Å². The Morgan fingerprint density at radius 1 is 1.53 bits per heavy atom. The summed E-state index contributed by atoms with van der Waals surface area (Å²) in [6, 6.07) is 4.22. The molecule has 1 rings (SSSR count). The maximum absolute atomic E-state index is 13.5. The first-order valence-electron chi connectivity index (χ1n) is 4.45. The number of benzene rings is 1. The molecule has 0 heterocycles. The molecule has 1 aromatic carbocycles. The Balaban J connectivity index is 0.00000196. The molecule has 0 fully saturated rings. The molecule has 0 aromatic heterocycles. The van der Waals surface area contributed by atoms with Crippen LogP contribution in [0.3, 0.4) is 0 Å². The van der Waals surface area contributed by atoms with Gasteiger partial charge in [0.25, 0.3) is 0 Å². The number of hydrogen-bond donors (Lipinski definition) is 2. The third-order valence-electron chi connectivity index (χ3n) is 2.17. The molecular formula is C10H14BrClFNO. The van der Waals surface area contributed by atoms with E-state index in [-0.39, 0.29) is 12.4 Å². The lowest BCUT2D eigenvalue weighted by atomic mass is 10.0. The summed E-state index contributed by atoms with van der Waals surface area (Å²) in [5, 5.41) is 9.49. The van der Waals surface area contributed by atoms with Crippen LogP contribution in [0.1, 0.15) is 24.9 Å². The zero-order valence-electron chi connectivity index (χ0n) is 8.28. The lowest BCUT2D eigenvalue weighted by molar-refractivity contribution is 0.139. The second-order valence-corrected chi connectivity index (χ2v) is 4.00. The summed E-state index contributed by atoms with van der Waals surface area (Å²) in [7, 11) is 0. The summed E-state index contributed by atoms with van der Waals surface area (Å²) in [6.07, 6.45) is -0.202. The number of rotatable bonds is 3.